The number of allylic oxidation sites excluding steroid dienone is 5. The fourth-order valence-corrected chi connectivity index (χ4v) is 9.21. The van der Waals surface area contributed by atoms with Gasteiger partial charge in [-0.2, -0.15) is 0 Å². The van der Waals surface area contributed by atoms with Crippen molar-refractivity contribution in [3.05, 3.63) is 100 Å². The van der Waals surface area contributed by atoms with Gasteiger partial charge in [0.1, 0.15) is 0 Å². The van der Waals surface area contributed by atoms with Gasteiger partial charge in [0.15, 0.2) is 0 Å². The minimum absolute atomic E-state index is 0.493. The van der Waals surface area contributed by atoms with Crippen molar-refractivity contribution in [3.8, 4) is 0 Å². The molecule has 0 heterocycles. The van der Waals surface area contributed by atoms with Crippen molar-refractivity contribution in [3.63, 3.8) is 0 Å². The lowest BCUT2D eigenvalue weighted by molar-refractivity contribution is 0.292. The predicted molar refractivity (Wildman–Crippen MR) is 213 cm³/mol. The Bertz CT molecular complexity index is 1400. The van der Waals surface area contributed by atoms with Crippen LogP contribution in [0.2, 0.25) is 0 Å². The van der Waals surface area contributed by atoms with Crippen LogP contribution < -0.4 is 0 Å². The Kier molecular flexibility index (Phi) is 14.5. The predicted octanol–water partition coefficient (Wildman–Crippen LogP) is 14.8. The molecule has 0 heteroatoms. The standard InChI is InChI=1S/C48H68/c1-6-7-8-9-10-11-12-13-14-15-16-17-18-20-36(2)33-42-21-19-22-45-39(5)44(38(4)35-48(42)45)31-26-40-24-27-41(28-25-40)46-32-29-43-34-37(3)23-30-47(43)46/h19,21-23,30,32,34-35,40-41,44H,2,5-18,20,24-29,31,33H2,1,3-4H3. The molecule has 48 heavy (non-hydrogen) atoms. The average Bonchev–Trinajstić information content (AvgIpc) is 3.50. The molecule has 0 saturated heterocycles. The quantitative estimate of drug-likeness (QED) is 0.0994. The number of hydrogen-bond acceptors (Lipinski definition) is 0. The molecule has 1 atom stereocenters. The summed E-state index contributed by atoms with van der Waals surface area (Å²) >= 11 is 0. The van der Waals surface area contributed by atoms with E-state index in [4.69, 9.17) is 6.58 Å². The Hall–Kier alpha value is -2.60. The summed E-state index contributed by atoms with van der Waals surface area (Å²) in [5.74, 6) is 2.12. The average molecular weight is 645 g/mol. The molecule has 0 aromatic heterocycles. The molecule has 0 spiro atoms. The zero-order valence-corrected chi connectivity index (χ0v) is 31.3. The molecule has 0 aliphatic heterocycles. The summed E-state index contributed by atoms with van der Waals surface area (Å²) in [5, 5.41) is 0. The highest BCUT2D eigenvalue weighted by Gasteiger charge is 2.29. The van der Waals surface area contributed by atoms with Crippen LogP contribution >= 0.6 is 0 Å². The lowest BCUT2D eigenvalue weighted by Crippen LogP contribution is -2.18. The fourth-order valence-electron chi connectivity index (χ4n) is 9.21. The number of aryl methyl sites for hydroxylation is 1. The molecule has 0 bridgehead atoms. The largest absolute Gasteiger partial charge is 0.0995 e. The third-order valence-corrected chi connectivity index (χ3v) is 12.2. The van der Waals surface area contributed by atoms with Gasteiger partial charge in [0.2, 0.25) is 0 Å². The van der Waals surface area contributed by atoms with E-state index in [2.05, 4.69) is 75.9 Å². The van der Waals surface area contributed by atoms with Crippen LogP contribution in [0.15, 0.2) is 66.8 Å². The Labute approximate surface area is 296 Å². The van der Waals surface area contributed by atoms with Gasteiger partial charge in [0.25, 0.3) is 0 Å². The third-order valence-electron chi connectivity index (χ3n) is 12.2. The first-order chi connectivity index (χ1) is 23.4. The molecule has 2 aromatic carbocycles. The van der Waals surface area contributed by atoms with Crippen LogP contribution in [-0.2, 0) is 12.8 Å². The van der Waals surface area contributed by atoms with Crippen LogP contribution in [0, 0.1) is 24.7 Å². The smallest absolute Gasteiger partial charge is 0.00491 e. The molecule has 0 nitrogen and oxygen atoms in total. The van der Waals surface area contributed by atoms with E-state index in [1.165, 1.54) is 167 Å². The van der Waals surface area contributed by atoms with Crippen molar-refractivity contribution in [1.29, 1.82) is 0 Å². The molecule has 1 fully saturated rings. The number of hydrogen-bond donors (Lipinski definition) is 0. The minimum atomic E-state index is 0.493. The van der Waals surface area contributed by atoms with Crippen LogP contribution in [0.1, 0.15) is 176 Å². The summed E-state index contributed by atoms with van der Waals surface area (Å²) in [7, 11) is 0. The van der Waals surface area contributed by atoms with Crippen molar-refractivity contribution in [2.75, 3.05) is 0 Å². The van der Waals surface area contributed by atoms with Gasteiger partial charge in [-0.25, -0.2) is 0 Å². The summed E-state index contributed by atoms with van der Waals surface area (Å²) in [6.07, 6.45) is 34.7. The molecular weight excluding hydrogens is 577 g/mol. The molecule has 3 aliphatic rings. The van der Waals surface area contributed by atoms with E-state index < -0.39 is 0 Å². The highest BCUT2D eigenvalue weighted by Crippen LogP contribution is 2.45. The lowest BCUT2D eigenvalue weighted by atomic mass is 9.72. The molecule has 3 aliphatic carbocycles. The maximum atomic E-state index is 4.71. The van der Waals surface area contributed by atoms with Crippen molar-refractivity contribution >= 4 is 17.2 Å². The van der Waals surface area contributed by atoms with Crippen LogP contribution in [0.4, 0.5) is 0 Å². The maximum absolute atomic E-state index is 4.71. The Balaban J connectivity index is 1.00. The number of unbranched alkanes of at least 4 members (excludes halogenated alkanes) is 12. The molecule has 1 saturated carbocycles. The van der Waals surface area contributed by atoms with E-state index >= 15 is 0 Å². The van der Waals surface area contributed by atoms with Gasteiger partial charge in [-0.05, 0) is 129 Å². The number of rotatable bonds is 20. The molecule has 5 rings (SSSR count). The second kappa shape index (κ2) is 19.0. The summed E-state index contributed by atoms with van der Waals surface area (Å²) < 4.78 is 0. The van der Waals surface area contributed by atoms with Crippen molar-refractivity contribution in [2.24, 2.45) is 17.8 Å². The zero-order valence-electron chi connectivity index (χ0n) is 31.3. The number of benzene rings is 2. The fraction of sp³-hybridized carbons (Fsp3) is 0.583. The monoisotopic (exact) mass is 645 g/mol. The summed E-state index contributed by atoms with van der Waals surface area (Å²) in [4.78, 5) is 0. The van der Waals surface area contributed by atoms with Crippen molar-refractivity contribution in [2.45, 2.75) is 162 Å². The first kappa shape index (κ1) is 36.7. The molecule has 1 unspecified atom stereocenters. The van der Waals surface area contributed by atoms with Crippen LogP contribution in [0.5, 0.6) is 0 Å². The Morgan fingerprint density at radius 3 is 2.10 bits per heavy atom. The molecule has 260 valence electrons. The second-order valence-corrected chi connectivity index (χ2v) is 16.1. The van der Waals surface area contributed by atoms with E-state index in [0.717, 1.165) is 24.7 Å². The van der Waals surface area contributed by atoms with Crippen molar-refractivity contribution < 1.29 is 0 Å². The molecule has 0 amide bonds. The van der Waals surface area contributed by atoms with E-state index in [0.29, 0.717) is 5.92 Å². The van der Waals surface area contributed by atoms with E-state index in [1.54, 1.807) is 16.7 Å². The van der Waals surface area contributed by atoms with Gasteiger partial charge in [0, 0.05) is 5.92 Å². The molecule has 2 aromatic rings. The molecule has 0 N–H and O–H groups in total. The zero-order chi connectivity index (χ0) is 33.7. The lowest BCUT2D eigenvalue weighted by Gasteiger charge is -2.33. The summed E-state index contributed by atoms with van der Waals surface area (Å²) in [6, 6.07) is 14.0. The van der Waals surface area contributed by atoms with Gasteiger partial charge >= 0.3 is 0 Å². The second-order valence-electron chi connectivity index (χ2n) is 16.1. The Morgan fingerprint density at radius 1 is 0.750 bits per heavy atom. The molecular formula is C48H68. The van der Waals surface area contributed by atoms with Gasteiger partial charge in [-0.3, -0.25) is 0 Å². The first-order valence-electron chi connectivity index (χ1n) is 20.4. The minimum Gasteiger partial charge on any atom is -0.0995 e. The normalized spacial score (nSPS) is 20.3. The summed E-state index contributed by atoms with van der Waals surface area (Å²) in [6.45, 7) is 16.1. The van der Waals surface area contributed by atoms with Crippen molar-refractivity contribution in [1.82, 2.24) is 0 Å². The maximum Gasteiger partial charge on any atom is 0.00491 e. The highest BCUT2D eigenvalue weighted by atomic mass is 14.3. The van der Waals surface area contributed by atoms with Gasteiger partial charge < -0.3 is 0 Å². The van der Waals surface area contributed by atoms with Crippen LogP contribution in [0.3, 0.4) is 0 Å². The Morgan fingerprint density at radius 2 is 1.42 bits per heavy atom. The van der Waals surface area contributed by atoms with E-state index in [1.807, 2.05) is 0 Å². The highest BCUT2D eigenvalue weighted by molar-refractivity contribution is 5.83. The topological polar surface area (TPSA) is 0 Å². The van der Waals surface area contributed by atoms with Crippen LogP contribution in [-0.4, -0.2) is 0 Å². The summed E-state index contributed by atoms with van der Waals surface area (Å²) in [5.41, 5.74) is 14.7. The first-order valence-corrected chi connectivity index (χ1v) is 20.4. The molecule has 0 radical (unpaired) electrons. The van der Waals surface area contributed by atoms with Crippen LogP contribution in [0.25, 0.3) is 17.2 Å². The van der Waals surface area contributed by atoms with Gasteiger partial charge in [-0.15, -0.1) is 0 Å². The SMILES string of the molecule is C=C(CCCCCCCCCCCCCCC)Cc1cccc2c1C=C(C)C(CCC1CCC(C3=CCc4cc(C)ccc43)CC1)C2=C. The third kappa shape index (κ3) is 10.2. The number of fused-ring (bicyclic) bond motifs is 2. The van der Waals surface area contributed by atoms with Gasteiger partial charge in [0.05, 0.1) is 0 Å². The van der Waals surface area contributed by atoms with Gasteiger partial charge in [-0.1, -0.05) is 162 Å². The van der Waals surface area contributed by atoms with E-state index in [-0.39, 0.29) is 0 Å². The van der Waals surface area contributed by atoms with E-state index in [9.17, 15) is 0 Å².